The minimum Gasteiger partial charge on any atom is -0.480 e. The van der Waals surface area contributed by atoms with Gasteiger partial charge in [-0.3, -0.25) is 19.4 Å². The number of nitrogens with zero attached hydrogens (tertiary/aromatic N) is 1. The van der Waals surface area contributed by atoms with E-state index in [-0.39, 0.29) is 38.2 Å². The number of nitrogens with one attached hydrogen (secondary N) is 4. The van der Waals surface area contributed by atoms with E-state index < -0.39 is 47.9 Å². The molecule has 0 fully saturated rings. The molecule has 0 bridgehead atoms. The van der Waals surface area contributed by atoms with Gasteiger partial charge in [-0.05, 0) is 82.5 Å². The molecule has 0 saturated carbocycles. The molecule has 244 valence electrons. The van der Waals surface area contributed by atoms with Crippen molar-refractivity contribution in [1.82, 2.24) is 20.9 Å². The topological polar surface area (TPSA) is 283 Å². The second kappa shape index (κ2) is 19.1. The minimum atomic E-state index is -1.20. The molecule has 44 heavy (non-hydrogen) atoms. The lowest BCUT2D eigenvalue weighted by Gasteiger charge is -2.25. The zero-order valence-corrected chi connectivity index (χ0v) is 25.1. The molecule has 0 aliphatic heterocycles. The summed E-state index contributed by atoms with van der Waals surface area (Å²) in [5.74, 6) is -3.12. The summed E-state index contributed by atoms with van der Waals surface area (Å²) in [4.78, 5) is 58.7. The Morgan fingerprint density at radius 2 is 1.34 bits per heavy atom. The van der Waals surface area contributed by atoms with Gasteiger partial charge in [0.25, 0.3) is 0 Å². The standard InChI is InChI=1S/C29H48N10O5/c30-13-5-3-10-22(37-25(40)20(32)16-18-17-36-21-9-2-1-8-19(18)21)26(41)38-23(12-7-15-35-29(33)34)27(42)39-24(28(43)44)11-4-6-14-31/h1-2,8-9,17,20,22-24,36H,3-7,10-16,30-32H2,(H,37,40)(H,38,41)(H,39,42)(H,43,44)(H4,33,34,35). The van der Waals surface area contributed by atoms with Crippen LogP contribution in [0.2, 0.25) is 0 Å². The van der Waals surface area contributed by atoms with Crippen LogP contribution in [0, 0.1) is 0 Å². The second-order valence-corrected chi connectivity index (χ2v) is 10.7. The molecule has 2 rings (SSSR count). The molecule has 0 saturated heterocycles. The maximum absolute atomic E-state index is 13.5. The number of carboxylic acids is 1. The number of rotatable bonds is 21. The van der Waals surface area contributed by atoms with E-state index in [1.54, 1.807) is 6.20 Å². The number of aliphatic imine (C=N–C) groups is 1. The van der Waals surface area contributed by atoms with E-state index >= 15 is 0 Å². The van der Waals surface area contributed by atoms with Crippen LogP contribution in [0.25, 0.3) is 10.9 Å². The van der Waals surface area contributed by atoms with Crippen molar-refractivity contribution in [1.29, 1.82) is 0 Å². The summed E-state index contributed by atoms with van der Waals surface area (Å²) in [5, 5.41) is 18.5. The molecule has 0 aliphatic rings. The fourth-order valence-electron chi connectivity index (χ4n) is 4.74. The maximum Gasteiger partial charge on any atom is 0.326 e. The van der Waals surface area contributed by atoms with Gasteiger partial charge in [-0.1, -0.05) is 18.2 Å². The Labute approximate surface area is 257 Å². The summed E-state index contributed by atoms with van der Waals surface area (Å²) in [6, 6.07) is 3.43. The average molecular weight is 617 g/mol. The number of aromatic amines is 1. The first-order chi connectivity index (χ1) is 21.1. The Morgan fingerprint density at radius 1 is 0.795 bits per heavy atom. The molecule has 0 radical (unpaired) electrons. The van der Waals surface area contributed by atoms with Crippen molar-refractivity contribution in [2.45, 2.75) is 82.0 Å². The molecular weight excluding hydrogens is 568 g/mol. The highest BCUT2D eigenvalue weighted by Gasteiger charge is 2.30. The molecule has 15 N–H and O–H groups in total. The highest BCUT2D eigenvalue weighted by atomic mass is 16.4. The van der Waals surface area contributed by atoms with E-state index in [2.05, 4.69) is 25.9 Å². The van der Waals surface area contributed by atoms with Crippen molar-refractivity contribution in [2.24, 2.45) is 33.7 Å². The normalized spacial score (nSPS) is 13.8. The van der Waals surface area contributed by atoms with Gasteiger partial charge in [0.15, 0.2) is 5.96 Å². The summed E-state index contributed by atoms with van der Waals surface area (Å²) < 4.78 is 0. The van der Waals surface area contributed by atoms with Gasteiger partial charge in [0.05, 0.1) is 6.04 Å². The third-order valence-electron chi connectivity index (χ3n) is 7.17. The number of fused-ring (bicyclic) bond motifs is 1. The molecule has 4 unspecified atom stereocenters. The number of hydrogen-bond donors (Lipinski definition) is 10. The van der Waals surface area contributed by atoms with Gasteiger partial charge in [0.2, 0.25) is 17.7 Å². The predicted molar refractivity (Wildman–Crippen MR) is 169 cm³/mol. The van der Waals surface area contributed by atoms with Gasteiger partial charge < -0.3 is 54.7 Å². The number of carbonyl (C=O) groups excluding carboxylic acids is 3. The van der Waals surface area contributed by atoms with Crippen LogP contribution in [-0.2, 0) is 25.6 Å². The molecule has 15 nitrogen and oxygen atoms in total. The number of nitrogens with two attached hydrogens (primary N) is 5. The lowest BCUT2D eigenvalue weighted by molar-refractivity contribution is -0.142. The molecular formula is C29H48N10O5. The number of carboxylic acid groups (broad SMARTS) is 1. The van der Waals surface area contributed by atoms with Crippen molar-refractivity contribution in [3.8, 4) is 0 Å². The summed E-state index contributed by atoms with van der Waals surface area (Å²) >= 11 is 0. The lowest BCUT2D eigenvalue weighted by atomic mass is 10.0. The monoisotopic (exact) mass is 616 g/mol. The summed E-state index contributed by atoms with van der Waals surface area (Å²) in [6.07, 6.45) is 5.18. The molecule has 3 amide bonds. The number of amides is 3. The number of H-pyrrole nitrogens is 1. The summed E-state index contributed by atoms with van der Waals surface area (Å²) in [6.45, 7) is 0.992. The molecule has 1 aromatic carbocycles. The summed E-state index contributed by atoms with van der Waals surface area (Å²) in [5.41, 5.74) is 30.0. The zero-order valence-electron chi connectivity index (χ0n) is 25.1. The van der Waals surface area contributed by atoms with Gasteiger partial charge >= 0.3 is 5.97 Å². The van der Waals surface area contributed by atoms with E-state index in [1.165, 1.54) is 0 Å². The van der Waals surface area contributed by atoms with Gasteiger partial charge in [-0.2, -0.15) is 0 Å². The van der Waals surface area contributed by atoms with Gasteiger partial charge in [-0.25, -0.2) is 4.79 Å². The zero-order chi connectivity index (χ0) is 32.5. The molecule has 15 heteroatoms. The smallest absolute Gasteiger partial charge is 0.326 e. The van der Waals surface area contributed by atoms with Crippen molar-refractivity contribution >= 4 is 40.6 Å². The highest BCUT2D eigenvalue weighted by molar-refractivity contribution is 5.94. The Bertz CT molecular complexity index is 1250. The van der Waals surface area contributed by atoms with E-state index in [9.17, 15) is 24.3 Å². The number of guanidine groups is 1. The van der Waals surface area contributed by atoms with Crippen LogP contribution < -0.4 is 44.6 Å². The maximum atomic E-state index is 13.5. The van der Waals surface area contributed by atoms with Crippen molar-refractivity contribution < 1.29 is 24.3 Å². The van der Waals surface area contributed by atoms with Crippen molar-refractivity contribution in [2.75, 3.05) is 19.6 Å². The first-order valence-corrected chi connectivity index (χ1v) is 15.0. The van der Waals surface area contributed by atoms with Crippen LogP contribution in [0.4, 0.5) is 0 Å². The molecule has 1 heterocycles. The van der Waals surface area contributed by atoms with Gasteiger partial charge in [0, 0.05) is 23.6 Å². The molecule has 4 atom stereocenters. The Hall–Kier alpha value is -4.21. The Kier molecular flexibility index (Phi) is 15.7. The van der Waals surface area contributed by atoms with E-state index in [0.717, 1.165) is 16.5 Å². The van der Waals surface area contributed by atoms with Crippen LogP contribution in [0.5, 0.6) is 0 Å². The van der Waals surface area contributed by atoms with Crippen LogP contribution >= 0.6 is 0 Å². The van der Waals surface area contributed by atoms with Crippen LogP contribution in [0.1, 0.15) is 56.9 Å². The third-order valence-corrected chi connectivity index (χ3v) is 7.17. The number of carbonyl (C=O) groups is 4. The predicted octanol–water partition coefficient (Wildman–Crippen LogP) is -1.11. The molecule has 1 aromatic heterocycles. The van der Waals surface area contributed by atoms with E-state index in [1.807, 2.05) is 24.3 Å². The van der Waals surface area contributed by atoms with Crippen molar-refractivity contribution in [3.63, 3.8) is 0 Å². The lowest BCUT2D eigenvalue weighted by Crippen LogP contribution is -2.57. The Morgan fingerprint density at radius 3 is 1.93 bits per heavy atom. The number of unbranched alkanes of at least 4 members (excludes halogenated alkanes) is 2. The number of aromatic nitrogens is 1. The fourth-order valence-corrected chi connectivity index (χ4v) is 4.74. The average Bonchev–Trinajstić information content (AvgIpc) is 3.39. The number of hydrogen-bond acceptors (Lipinski definition) is 8. The van der Waals surface area contributed by atoms with Crippen molar-refractivity contribution in [3.05, 3.63) is 36.0 Å². The number of aliphatic carboxylic acids is 1. The molecule has 0 spiro atoms. The second-order valence-electron chi connectivity index (χ2n) is 10.7. The number of benzene rings is 1. The quantitative estimate of drug-likeness (QED) is 0.0458. The van der Waals surface area contributed by atoms with Crippen LogP contribution in [0.15, 0.2) is 35.5 Å². The number of para-hydroxylation sites is 1. The van der Waals surface area contributed by atoms with E-state index in [4.69, 9.17) is 28.7 Å². The summed E-state index contributed by atoms with van der Waals surface area (Å²) in [7, 11) is 0. The van der Waals surface area contributed by atoms with Crippen LogP contribution in [0.3, 0.4) is 0 Å². The minimum absolute atomic E-state index is 0.118. The van der Waals surface area contributed by atoms with Gasteiger partial charge in [-0.15, -0.1) is 0 Å². The van der Waals surface area contributed by atoms with Crippen LogP contribution in [-0.4, -0.2) is 83.5 Å². The van der Waals surface area contributed by atoms with Gasteiger partial charge in [0.1, 0.15) is 18.1 Å². The Balaban J connectivity index is 2.16. The highest BCUT2D eigenvalue weighted by Crippen LogP contribution is 2.19. The third kappa shape index (κ3) is 12.2. The first-order valence-electron chi connectivity index (χ1n) is 15.0. The molecule has 0 aliphatic carbocycles. The SMILES string of the molecule is NCCCCC(NC(=O)C(CCCN=C(N)N)NC(=O)C(CCCCN)NC(=O)C(N)Cc1c[nH]c2ccccc12)C(=O)O. The fraction of sp³-hybridized carbons (Fsp3) is 0.552. The molecule has 2 aromatic rings. The largest absolute Gasteiger partial charge is 0.480 e. The van der Waals surface area contributed by atoms with E-state index in [0.29, 0.717) is 45.2 Å². The first kappa shape index (κ1) is 36.0.